The fraction of sp³-hybridized carbons (Fsp3) is 0.600. The highest BCUT2D eigenvalue weighted by molar-refractivity contribution is 5.90. The molecule has 0 unspecified atom stereocenters. The number of hydrogen-bond acceptors (Lipinski definition) is 4. The zero-order valence-corrected chi connectivity index (χ0v) is 12.6. The number of unbranched alkanes of at least 4 members (excludes halogenated alkanes) is 1. The van der Waals surface area contributed by atoms with Gasteiger partial charge in [0.2, 0.25) is 5.91 Å². The van der Waals surface area contributed by atoms with Crippen molar-refractivity contribution in [2.45, 2.75) is 39.5 Å². The van der Waals surface area contributed by atoms with Crippen molar-refractivity contribution in [1.82, 2.24) is 4.98 Å². The van der Waals surface area contributed by atoms with Crippen LogP contribution in [0.2, 0.25) is 0 Å². The average molecular weight is 278 g/mol. The molecule has 0 radical (unpaired) electrons. The number of nitrogens with zero attached hydrogens (tertiary/aromatic N) is 2. The van der Waals surface area contributed by atoms with E-state index in [1.54, 1.807) is 6.20 Å². The summed E-state index contributed by atoms with van der Waals surface area (Å²) in [6.45, 7) is 6.80. The lowest BCUT2D eigenvalue weighted by Crippen LogP contribution is -2.24. The summed E-state index contributed by atoms with van der Waals surface area (Å²) in [6.07, 6.45) is 5.21. The minimum atomic E-state index is -0.0108. The second-order valence-electron chi connectivity index (χ2n) is 4.78. The Kier molecular flexibility index (Phi) is 7.65. The first-order valence-corrected chi connectivity index (χ1v) is 7.42. The van der Waals surface area contributed by atoms with Gasteiger partial charge < -0.3 is 16.0 Å². The number of pyridine rings is 1. The van der Waals surface area contributed by atoms with E-state index >= 15 is 0 Å². The standard InChI is InChI=1S/C15H26N4O/c1-3-5-11-19(4-2)14-9-8-13(12-17-14)18-15(20)7-6-10-16/h8-9,12H,3-7,10-11,16H2,1-2H3,(H,18,20). The van der Waals surface area contributed by atoms with Crippen molar-refractivity contribution < 1.29 is 4.79 Å². The number of aromatic nitrogens is 1. The molecule has 3 N–H and O–H groups in total. The molecule has 0 aliphatic heterocycles. The summed E-state index contributed by atoms with van der Waals surface area (Å²) < 4.78 is 0. The van der Waals surface area contributed by atoms with Crippen molar-refractivity contribution in [3.8, 4) is 0 Å². The fourth-order valence-electron chi connectivity index (χ4n) is 1.92. The number of nitrogens with one attached hydrogen (secondary N) is 1. The van der Waals surface area contributed by atoms with E-state index in [0.29, 0.717) is 19.4 Å². The summed E-state index contributed by atoms with van der Waals surface area (Å²) in [4.78, 5) is 18.2. The molecule has 0 saturated heterocycles. The Morgan fingerprint density at radius 2 is 2.15 bits per heavy atom. The first kappa shape index (κ1) is 16.4. The lowest BCUT2D eigenvalue weighted by Gasteiger charge is -2.21. The maximum Gasteiger partial charge on any atom is 0.224 e. The molecule has 1 aromatic heterocycles. The van der Waals surface area contributed by atoms with Crippen LogP contribution in [-0.4, -0.2) is 30.5 Å². The Bertz CT molecular complexity index is 391. The molecule has 0 aromatic carbocycles. The van der Waals surface area contributed by atoms with Gasteiger partial charge in [-0.25, -0.2) is 4.98 Å². The van der Waals surface area contributed by atoms with Gasteiger partial charge in [0, 0.05) is 19.5 Å². The molecule has 1 aromatic rings. The van der Waals surface area contributed by atoms with Gasteiger partial charge in [0.25, 0.3) is 0 Å². The molecule has 0 saturated carbocycles. The van der Waals surface area contributed by atoms with Gasteiger partial charge in [-0.2, -0.15) is 0 Å². The minimum Gasteiger partial charge on any atom is -0.357 e. The molecule has 5 heteroatoms. The van der Waals surface area contributed by atoms with E-state index in [0.717, 1.165) is 31.0 Å². The van der Waals surface area contributed by atoms with Crippen LogP contribution in [0.5, 0.6) is 0 Å². The molecule has 1 amide bonds. The van der Waals surface area contributed by atoms with E-state index < -0.39 is 0 Å². The Morgan fingerprint density at radius 3 is 2.70 bits per heavy atom. The molecule has 0 aliphatic carbocycles. The Balaban J connectivity index is 2.56. The van der Waals surface area contributed by atoms with E-state index in [1.165, 1.54) is 6.42 Å². The van der Waals surface area contributed by atoms with Gasteiger partial charge in [0.15, 0.2) is 0 Å². The Hall–Kier alpha value is -1.62. The van der Waals surface area contributed by atoms with Gasteiger partial charge in [0.05, 0.1) is 11.9 Å². The van der Waals surface area contributed by atoms with Crippen LogP contribution in [0.4, 0.5) is 11.5 Å². The van der Waals surface area contributed by atoms with Crippen LogP contribution in [0.15, 0.2) is 18.3 Å². The van der Waals surface area contributed by atoms with E-state index in [1.807, 2.05) is 12.1 Å². The summed E-state index contributed by atoms with van der Waals surface area (Å²) in [6, 6.07) is 3.86. The fourth-order valence-corrected chi connectivity index (χ4v) is 1.92. The van der Waals surface area contributed by atoms with Gasteiger partial charge in [-0.3, -0.25) is 4.79 Å². The number of hydrogen-bond donors (Lipinski definition) is 2. The molecule has 0 fully saturated rings. The third kappa shape index (κ3) is 5.57. The van der Waals surface area contributed by atoms with Gasteiger partial charge >= 0.3 is 0 Å². The number of amides is 1. The molecule has 0 bridgehead atoms. The molecule has 0 atom stereocenters. The van der Waals surface area contributed by atoms with Gasteiger partial charge in [-0.05, 0) is 38.4 Å². The molecule has 0 aliphatic rings. The van der Waals surface area contributed by atoms with Crippen molar-refractivity contribution in [2.24, 2.45) is 5.73 Å². The second kappa shape index (κ2) is 9.31. The van der Waals surface area contributed by atoms with E-state index in [-0.39, 0.29) is 5.91 Å². The summed E-state index contributed by atoms with van der Waals surface area (Å²) >= 11 is 0. The summed E-state index contributed by atoms with van der Waals surface area (Å²) in [5, 5.41) is 2.83. The van der Waals surface area contributed by atoms with E-state index in [9.17, 15) is 4.79 Å². The molecule has 20 heavy (non-hydrogen) atoms. The summed E-state index contributed by atoms with van der Waals surface area (Å²) in [5.41, 5.74) is 6.12. The van der Waals surface area contributed by atoms with Crippen molar-refractivity contribution in [3.63, 3.8) is 0 Å². The van der Waals surface area contributed by atoms with Crippen molar-refractivity contribution >= 4 is 17.4 Å². The van der Waals surface area contributed by atoms with Crippen molar-refractivity contribution in [1.29, 1.82) is 0 Å². The summed E-state index contributed by atoms with van der Waals surface area (Å²) in [7, 11) is 0. The molecule has 5 nitrogen and oxygen atoms in total. The van der Waals surface area contributed by atoms with Crippen LogP contribution in [-0.2, 0) is 4.79 Å². The van der Waals surface area contributed by atoms with E-state index in [2.05, 4.69) is 29.0 Å². The third-order valence-electron chi connectivity index (χ3n) is 3.13. The van der Waals surface area contributed by atoms with Crippen LogP contribution >= 0.6 is 0 Å². The molecular weight excluding hydrogens is 252 g/mol. The second-order valence-corrected chi connectivity index (χ2v) is 4.78. The zero-order valence-electron chi connectivity index (χ0n) is 12.6. The third-order valence-corrected chi connectivity index (χ3v) is 3.13. The number of anilines is 2. The molecular formula is C15H26N4O. The maximum absolute atomic E-state index is 11.6. The van der Waals surface area contributed by atoms with Crippen molar-refractivity contribution in [2.75, 3.05) is 29.9 Å². The Morgan fingerprint density at radius 1 is 1.35 bits per heavy atom. The van der Waals surface area contributed by atoms with Gasteiger partial charge in [-0.1, -0.05) is 13.3 Å². The lowest BCUT2D eigenvalue weighted by molar-refractivity contribution is -0.116. The van der Waals surface area contributed by atoms with Crippen LogP contribution in [0.25, 0.3) is 0 Å². The summed E-state index contributed by atoms with van der Waals surface area (Å²) in [5.74, 6) is 0.948. The molecule has 0 spiro atoms. The average Bonchev–Trinajstić information content (AvgIpc) is 2.47. The highest BCUT2D eigenvalue weighted by Gasteiger charge is 2.06. The predicted octanol–water partition coefficient (Wildman–Crippen LogP) is 2.39. The van der Waals surface area contributed by atoms with Crippen LogP contribution in [0, 0.1) is 0 Å². The highest BCUT2D eigenvalue weighted by atomic mass is 16.1. The first-order valence-electron chi connectivity index (χ1n) is 7.42. The van der Waals surface area contributed by atoms with Gasteiger partial charge in [0.1, 0.15) is 5.82 Å². The van der Waals surface area contributed by atoms with Gasteiger partial charge in [-0.15, -0.1) is 0 Å². The lowest BCUT2D eigenvalue weighted by atomic mass is 10.3. The predicted molar refractivity (Wildman–Crippen MR) is 84.0 cm³/mol. The smallest absolute Gasteiger partial charge is 0.224 e. The normalized spacial score (nSPS) is 10.3. The number of carbonyl (C=O) groups excluding carboxylic acids is 1. The van der Waals surface area contributed by atoms with Crippen LogP contribution < -0.4 is 16.0 Å². The van der Waals surface area contributed by atoms with E-state index in [4.69, 9.17) is 5.73 Å². The molecule has 1 rings (SSSR count). The minimum absolute atomic E-state index is 0.0108. The molecule has 112 valence electrons. The number of rotatable bonds is 9. The largest absolute Gasteiger partial charge is 0.357 e. The Labute approximate surface area is 121 Å². The number of nitrogens with two attached hydrogens (primary N) is 1. The number of carbonyl (C=O) groups is 1. The first-order chi connectivity index (χ1) is 9.71. The zero-order chi connectivity index (χ0) is 14.8. The van der Waals surface area contributed by atoms with Crippen LogP contribution in [0.3, 0.4) is 0 Å². The highest BCUT2D eigenvalue weighted by Crippen LogP contribution is 2.15. The monoisotopic (exact) mass is 278 g/mol. The van der Waals surface area contributed by atoms with Crippen LogP contribution in [0.1, 0.15) is 39.5 Å². The van der Waals surface area contributed by atoms with Crippen molar-refractivity contribution in [3.05, 3.63) is 18.3 Å². The quantitative estimate of drug-likeness (QED) is 0.727. The topological polar surface area (TPSA) is 71.2 Å². The molecule has 1 heterocycles. The SMILES string of the molecule is CCCCN(CC)c1ccc(NC(=O)CCCN)cn1. The maximum atomic E-state index is 11.6.